The molecule has 0 radical (unpaired) electrons. The summed E-state index contributed by atoms with van der Waals surface area (Å²) in [5.41, 5.74) is 0.902. The van der Waals surface area contributed by atoms with Gasteiger partial charge in [-0.3, -0.25) is 4.18 Å². The van der Waals surface area contributed by atoms with Crippen molar-refractivity contribution in [3.8, 4) is 0 Å². The minimum absolute atomic E-state index is 0.0232. The van der Waals surface area contributed by atoms with Crippen molar-refractivity contribution in [1.82, 2.24) is 0 Å². The fraction of sp³-hybridized carbons (Fsp3) is 0.667. The van der Waals surface area contributed by atoms with E-state index >= 15 is 0 Å². The highest BCUT2D eigenvalue weighted by molar-refractivity contribution is 8.32. The van der Waals surface area contributed by atoms with Crippen LogP contribution in [0.5, 0.6) is 0 Å². The van der Waals surface area contributed by atoms with Gasteiger partial charge in [-0.15, -0.1) is 0 Å². The van der Waals surface area contributed by atoms with Crippen LogP contribution in [0.15, 0.2) is 29.2 Å². The van der Waals surface area contributed by atoms with Gasteiger partial charge in [-0.25, -0.2) is 10.0 Å². The van der Waals surface area contributed by atoms with Crippen LogP contribution < -0.4 is 0 Å². The summed E-state index contributed by atoms with van der Waals surface area (Å²) in [5.74, 6) is 0.765. The Hall–Kier alpha value is -0.720. The number of ether oxygens (including phenoxy) is 2. The molecule has 0 amide bonds. The second-order valence-corrected chi connectivity index (χ2v) is 13.9. The van der Waals surface area contributed by atoms with E-state index in [1.54, 1.807) is 12.1 Å². The number of hydrogen-bond donors (Lipinski definition) is 3. The Morgan fingerprint density at radius 2 is 1.61 bits per heavy atom. The highest BCUT2D eigenvalue weighted by atomic mass is 32.3. The van der Waals surface area contributed by atoms with Crippen molar-refractivity contribution < 1.29 is 37.4 Å². The van der Waals surface area contributed by atoms with E-state index in [1.165, 1.54) is 12.1 Å². The topological polar surface area (TPSA) is 123 Å². The van der Waals surface area contributed by atoms with E-state index in [9.17, 15) is 23.7 Å². The summed E-state index contributed by atoms with van der Waals surface area (Å²) in [6, 6.07) is 6.12. The summed E-state index contributed by atoms with van der Waals surface area (Å²) in [4.78, 5) is -0.0232. The number of benzene rings is 1. The Morgan fingerprint density at radius 1 is 1.00 bits per heavy atom. The summed E-state index contributed by atoms with van der Waals surface area (Å²) < 4.78 is 40.6. The van der Waals surface area contributed by atoms with Crippen molar-refractivity contribution in [2.24, 2.45) is 0 Å². The second kappa shape index (κ2) is 9.40. The maximum absolute atomic E-state index is 12.3. The van der Waals surface area contributed by atoms with Crippen molar-refractivity contribution in [3.63, 3.8) is 0 Å². The van der Waals surface area contributed by atoms with Crippen LogP contribution in [0.2, 0.25) is 0 Å². The molecule has 1 heterocycles. The highest BCUT2D eigenvalue weighted by Gasteiger charge is 2.45. The van der Waals surface area contributed by atoms with E-state index in [1.807, 2.05) is 6.92 Å². The van der Waals surface area contributed by atoms with Gasteiger partial charge in [0.05, 0.1) is 18.1 Å². The first kappa shape index (κ1) is 23.6. The quantitative estimate of drug-likeness (QED) is 0.493. The normalized spacial score (nSPS) is 29.6. The monoisotopic (exact) mass is 438 g/mol. The number of rotatable bonds is 8. The fourth-order valence-electron chi connectivity index (χ4n) is 2.54. The molecular weight excluding hydrogens is 408 g/mol. The molecule has 0 unspecified atom stereocenters. The summed E-state index contributed by atoms with van der Waals surface area (Å²) in [6.07, 6.45) is -0.539. The number of aliphatic hydroxyl groups excluding tert-OH is 3. The van der Waals surface area contributed by atoms with Crippen LogP contribution in [-0.2, 0) is 23.8 Å². The maximum atomic E-state index is 12.3. The zero-order valence-electron chi connectivity index (χ0n) is 16.5. The fourth-order valence-corrected chi connectivity index (χ4v) is 4.05. The molecule has 1 fully saturated rings. The molecule has 2 rings (SSSR count). The zero-order chi connectivity index (χ0) is 21.1. The summed E-state index contributed by atoms with van der Waals surface area (Å²) >= 11 is 0. The van der Waals surface area contributed by atoms with E-state index < -0.39 is 57.5 Å². The molecule has 0 bridgehead atoms. The molecule has 1 aromatic carbocycles. The Bertz CT molecular complexity index is 729. The third-order valence-electron chi connectivity index (χ3n) is 4.34. The first-order valence-corrected chi connectivity index (χ1v) is 13.3. The van der Waals surface area contributed by atoms with E-state index in [4.69, 9.17) is 13.7 Å². The molecule has 5 atom stereocenters. The van der Waals surface area contributed by atoms with Gasteiger partial charge in [0.2, 0.25) is 0 Å². The van der Waals surface area contributed by atoms with Crippen LogP contribution in [0.1, 0.15) is 5.56 Å². The minimum Gasteiger partial charge on any atom is -0.387 e. The molecule has 1 saturated heterocycles. The second-order valence-electron chi connectivity index (χ2n) is 7.73. The lowest BCUT2D eigenvalue weighted by molar-refractivity contribution is -0.298. The average Bonchev–Trinajstić information content (AvgIpc) is 2.60. The minimum atomic E-state index is -4.06. The molecule has 0 spiro atoms. The number of aliphatic hydroxyl groups is 3. The maximum Gasteiger partial charge on any atom is 0.297 e. The standard InChI is InChI=1S/C18H30O8S2/c1-12-5-7-13(8-6-12)28(22,23)25-11-14-15(19)16(20)17(21)18(26-14)24-9-10-27(2,3)4/h5-8,14-21H,9-11H2,1-4H3/t14-,15-,16+,17-,18-/m1/s1. The summed E-state index contributed by atoms with van der Waals surface area (Å²) in [6.45, 7) is 1.61. The zero-order valence-corrected chi connectivity index (χ0v) is 18.1. The molecule has 1 aliphatic heterocycles. The van der Waals surface area contributed by atoms with Gasteiger partial charge in [0.1, 0.15) is 24.4 Å². The Morgan fingerprint density at radius 3 is 2.18 bits per heavy atom. The van der Waals surface area contributed by atoms with Gasteiger partial charge in [-0.1, -0.05) is 17.7 Å². The van der Waals surface area contributed by atoms with E-state index in [2.05, 4.69) is 18.8 Å². The van der Waals surface area contributed by atoms with Crippen LogP contribution >= 0.6 is 10.0 Å². The van der Waals surface area contributed by atoms with Crippen molar-refractivity contribution in [1.29, 1.82) is 0 Å². The molecule has 1 aromatic rings. The van der Waals surface area contributed by atoms with Gasteiger partial charge >= 0.3 is 0 Å². The lowest BCUT2D eigenvalue weighted by Crippen LogP contribution is -2.59. The Labute approximate surface area is 167 Å². The van der Waals surface area contributed by atoms with Crippen LogP contribution in [0, 0.1) is 6.92 Å². The molecule has 1 aliphatic rings. The van der Waals surface area contributed by atoms with Gasteiger partial charge in [-0.05, 0) is 37.8 Å². The molecular formula is C18H30O8S2. The highest BCUT2D eigenvalue weighted by Crippen LogP contribution is 2.34. The van der Waals surface area contributed by atoms with E-state index in [0.29, 0.717) is 6.61 Å². The third kappa shape index (κ3) is 6.39. The van der Waals surface area contributed by atoms with Gasteiger partial charge in [0.25, 0.3) is 10.1 Å². The number of hydrogen-bond acceptors (Lipinski definition) is 8. The van der Waals surface area contributed by atoms with Gasteiger partial charge in [0, 0.05) is 5.75 Å². The van der Waals surface area contributed by atoms with E-state index in [0.717, 1.165) is 11.3 Å². The van der Waals surface area contributed by atoms with Crippen LogP contribution in [0.25, 0.3) is 0 Å². The predicted octanol–water partition coefficient (Wildman–Crippen LogP) is 0.219. The summed E-state index contributed by atoms with van der Waals surface area (Å²) in [7, 11) is -4.88. The molecule has 8 nitrogen and oxygen atoms in total. The first-order valence-electron chi connectivity index (χ1n) is 8.84. The van der Waals surface area contributed by atoms with Crippen LogP contribution in [0.4, 0.5) is 0 Å². The largest absolute Gasteiger partial charge is 0.387 e. The van der Waals surface area contributed by atoms with Gasteiger partial charge < -0.3 is 24.8 Å². The smallest absolute Gasteiger partial charge is 0.297 e. The molecule has 0 aromatic heterocycles. The predicted molar refractivity (Wildman–Crippen MR) is 107 cm³/mol. The SMILES string of the molecule is Cc1ccc(S(=O)(=O)OC[C@H]2O[C@@H](OCCS(C)(C)C)[C@H](O)[C@@H](O)[C@@H]2O)cc1. The van der Waals surface area contributed by atoms with Gasteiger partial charge in [-0.2, -0.15) is 8.42 Å². The average molecular weight is 439 g/mol. The molecule has 10 heteroatoms. The first-order chi connectivity index (χ1) is 12.9. The van der Waals surface area contributed by atoms with Crippen LogP contribution in [0.3, 0.4) is 0 Å². The third-order valence-corrected chi connectivity index (χ3v) is 7.03. The Kier molecular flexibility index (Phi) is 7.90. The molecule has 0 saturated carbocycles. The molecule has 3 N–H and O–H groups in total. The lowest BCUT2D eigenvalue weighted by atomic mass is 9.99. The van der Waals surface area contributed by atoms with Gasteiger partial charge in [0.15, 0.2) is 6.29 Å². The molecule has 162 valence electrons. The summed E-state index contributed by atoms with van der Waals surface area (Å²) in [5, 5.41) is 30.3. The van der Waals surface area contributed by atoms with E-state index in [-0.39, 0.29) is 4.90 Å². The van der Waals surface area contributed by atoms with Crippen molar-refractivity contribution in [3.05, 3.63) is 29.8 Å². The van der Waals surface area contributed by atoms with Crippen molar-refractivity contribution in [2.75, 3.05) is 37.7 Å². The molecule has 28 heavy (non-hydrogen) atoms. The number of aryl methyl sites for hydroxylation is 1. The van der Waals surface area contributed by atoms with Crippen molar-refractivity contribution in [2.45, 2.75) is 42.5 Å². The van der Waals surface area contributed by atoms with Crippen molar-refractivity contribution >= 4 is 20.1 Å². The molecule has 0 aliphatic carbocycles. The Balaban J connectivity index is 2.00. The lowest BCUT2D eigenvalue weighted by Gasteiger charge is -2.40. The van der Waals surface area contributed by atoms with Crippen LogP contribution in [-0.4, -0.2) is 92.2 Å².